The highest BCUT2D eigenvalue weighted by Gasteiger charge is 2.37. The van der Waals surface area contributed by atoms with E-state index in [1.807, 2.05) is 60.7 Å². The van der Waals surface area contributed by atoms with Crippen LogP contribution in [0.4, 0.5) is 0 Å². The predicted octanol–water partition coefficient (Wildman–Crippen LogP) is 4.78. The minimum atomic E-state index is -0.854. The lowest BCUT2D eigenvalue weighted by Crippen LogP contribution is -2.31. The zero-order valence-corrected chi connectivity index (χ0v) is 12.3. The quantitative estimate of drug-likeness (QED) is 0.853. The Kier molecular flexibility index (Phi) is 4.21. The number of benzene rings is 2. The molecule has 1 fully saturated rings. The summed E-state index contributed by atoms with van der Waals surface area (Å²) in [6.45, 7) is 0. The van der Waals surface area contributed by atoms with Gasteiger partial charge in [-0.2, -0.15) is 0 Å². The monoisotopic (exact) mass is 278 g/mol. The molecule has 1 atom stereocenters. The van der Waals surface area contributed by atoms with Gasteiger partial charge in [0.25, 0.3) is 0 Å². The van der Waals surface area contributed by atoms with Gasteiger partial charge in [-0.25, -0.2) is 0 Å². The van der Waals surface area contributed by atoms with E-state index in [1.165, 1.54) is 12.8 Å². The highest BCUT2D eigenvalue weighted by atomic mass is 16.3. The van der Waals surface area contributed by atoms with Crippen molar-refractivity contribution in [3.8, 4) is 0 Å². The van der Waals surface area contributed by atoms with Crippen LogP contribution in [0.1, 0.15) is 36.8 Å². The first-order valence-corrected chi connectivity index (χ1v) is 7.81. The zero-order valence-electron chi connectivity index (χ0n) is 12.3. The highest BCUT2D eigenvalue weighted by Crippen LogP contribution is 2.41. The van der Waals surface area contributed by atoms with Gasteiger partial charge in [0.1, 0.15) is 5.60 Å². The van der Waals surface area contributed by atoms with E-state index in [1.54, 1.807) is 0 Å². The van der Waals surface area contributed by atoms with Gasteiger partial charge in [-0.1, -0.05) is 79.6 Å². The lowest BCUT2D eigenvalue weighted by atomic mass is 9.79. The summed E-state index contributed by atoms with van der Waals surface area (Å²) in [6, 6.07) is 20.3. The van der Waals surface area contributed by atoms with Gasteiger partial charge in [-0.05, 0) is 36.0 Å². The predicted molar refractivity (Wildman–Crippen MR) is 87.8 cm³/mol. The van der Waals surface area contributed by atoms with Gasteiger partial charge < -0.3 is 5.11 Å². The molecule has 2 aromatic carbocycles. The fourth-order valence-corrected chi connectivity index (χ4v) is 3.33. The van der Waals surface area contributed by atoms with Gasteiger partial charge >= 0.3 is 0 Å². The van der Waals surface area contributed by atoms with Crippen molar-refractivity contribution in [2.45, 2.75) is 31.3 Å². The topological polar surface area (TPSA) is 20.2 Å². The Labute approximate surface area is 127 Å². The number of hydrogen-bond donors (Lipinski definition) is 1. The van der Waals surface area contributed by atoms with Crippen molar-refractivity contribution in [2.75, 3.05) is 0 Å². The van der Waals surface area contributed by atoms with Crippen LogP contribution in [0.25, 0.3) is 6.08 Å². The van der Waals surface area contributed by atoms with E-state index in [4.69, 9.17) is 0 Å². The molecule has 1 heteroatoms. The Morgan fingerprint density at radius 3 is 2.05 bits per heavy atom. The molecule has 0 radical (unpaired) electrons. The third-order valence-electron chi connectivity index (χ3n) is 4.54. The normalized spacial score (nSPS) is 18.9. The summed E-state index contributed by atoms with van der Waals surface area (Å²) in [5.41, 5.74) is 1.28. The van der Waals surface area contributed by atoms with Crippen LogP contribution in [-0.2, 0) is 5.60 Å². The molecule has 0 heterocycles. The SMILES string of the molecule is OC(/C=C/c1ccccc1)(c1ccccc1)C1CCCC1. The average molecular weight is 278 g/mol. The molecule has 108 valence electrons. The molecule has 0 spiro atoms. The Morgan fingerprint density at radius 2 is 1.43 bits per heavy atom. The van der Waals surface area contributed by atoms with Crippen molar-refractivity contribution in [3.05, 3.63) is 77.9 Å². The average Bonchev–Trinajstić information content (AvgIpc) is 3.09. The Hall–Kier alpha value is -1.86. The fraction of sp³-hybridized carbons (Fsp3) is 0.300. The highest BCUT2D eigenvalue weighted by molar-refractivity contribution is 5.51. The van der Waals surface area contributed by atoms with Crippen molar-refractivity contribution in [1.82, 2.24) is 0 Å². The van der Waals surface area contributed by atoms with Gasteiger partial charge in [-0.3, -0.25) is 0 Å². The first-order chi connectivity index (χ1) is 10.3. The standard InChI is InChI=1S/C20H22O/c21-20(19-13-7-8-14-19,18-11-5-2-6-12-18)16-15-17-9-3-1-4-10-17/h1-6,9-12,15-16,19,21H,7-8,13-14H2/b16-15+. The lowest BCUT2D eigenvalue weighted by molar-refractivity contribution is 0.0276. The van der Waals surface area contributed by atoms with Crippen molar-refractivity contribution < 1.29 is 5.11 Å². The molecular weight excluding hydrogens is 256 g/mol. The second kappa shape index (κ2) is 6.28. The smallest absolute Gasteiger partial charge is 0.111 e. The maximum Gasteiger partial charge on any atom is 0.111 e. The van der Waals surface area contributed by atoms with Gasteiger partial charge in [0, 0.05) is 0 Å². The van der Waals surface area contributed by atoms with Gasteiger partial charge in [0.2, 0.25) is 0 Å². The maximum absolute atomic E-state index is 11.4. The minimum Gasteiger partial charge on any atom is -0.381 e. The van der Waals surface area contributed by atoms with E-state index in [-0.39, 0.29) is 0 Å². The summed E-state index contributed by atoms with van der Waals surface area (Å²) in [6.07, 6.45) is 8.69. The molecule has 0 saturated heterocycles. The third kappa shape index (κ3) is 3.08. The van der Waals surface area contributed by atoms with Crippen molar-refractivity contribution >= 4 is 6.08 Å². The van der Waals surface area contributed by atoms with Crippen LogP contribution < -0.4 is 0 Å². The molecule has 21 heavy (non-hydrogen) atoms. The summed E-state index contributed by atoms with van der Waals surface area (Å²) in [4.78, 5) is 0. The summed E-state index contributed by atoms with van der Waals surface area (Å²) in [5, 5.41) is 11.4. The van der Waals surface area contributed by atoms with Crippen molar-refractivity contribution in [2.24, 2.45) is 5.92 Å². The van der Waals surface area contributed by atoms with Crippen LogP contribution in [0.5, 0.6) is 0 Å². The van der Waals surface area contributed by atoms with Crippen LogP contribution in [-0.4, -0.2) is 5.11 Å². The molecule has 1 N–H and O–H groups in total. The van der Waals surface area contributed by atoms with Crippen molar-refractivity contribution in [1.29, 1.82) is 0 Å². The van der Waals surface area contributed by atoms with E-state index in [2.05, 4.69) is 12.1 Å². The summed E-state index contributed by atoms with van der Waals surface area (Å²) < 4.78 is 0. The van der Waals surface area contributed by atoms with Crippen LogP contribution in [0, 0.1) is 5.92 Å². The van der Waals surface area contributed by atoms with Crippen molar-refractivity contribution in [3.63, 3.8) is 0 Å². The van der Waals surface area contributed by atoms with Crippen LogP contribution >= 0.6 is 0 Å². The molecule has 3 rings (SSSR count). The molecule has 1 nitrogen and oxygen atoms in total. The molecule has 2 aromatic rings. The molecule has 1 unspecified atom stereocenters. The second-order valence-electron chi connectivity index (χ2n) is 5.92. The Bertz CT molecular complexity index is 582. The molecule has 0 aliphatic heterocycles. The first-order valence-electron chi connectivity index (χ1n) is 7.81. The molecule has 0 amide bonds. The lowest BCUT2D eigenvalue weighted by Gasteiger charge is -2.32. The van der Waals surface area contributed by atoms with E-state index in [0.29, 0.717) is 5.92 Å². The molecule has 0 aromatic heterocycles. The third-order valence-corrected chi connectivity index (χ3v) is 4.54. The van der Waals surface area contributed by atoms with Crippen LogP contribution in [0.15, 0.2) is 66.7 Å². The number of rotatable bonds is 4. The zero-order chi connectivity index (χ0) is 14.5. The summed E-state index contributed by atoms with van der Waals surface area (Å²) in [5.74, 6) is 0.319. The molecule has 1 saturated carbocycles. The largest absolute Gasteiger partial charge is 0.381 e. The van der Waals surface area contributed by atoms with Crippen LogP contribution in [0.3, 0.4) is 0 Å². The molecule has 0 bridgehead atoms. The molecular formula is C20H22O. The summed E-state index contributed by atoms with van der Waals surface area (Å²) >= 11 is 0. The second-order valence-corrected chi connectivity index (χ2v) is 5.92. The van der Waals surface area contributed by atoms with E-state index in [9.17, 15) is 5.11 Å². The number of aliphatic hydroxyl groups is 1. The molecule has 1 aliphatic rings. The Balaban J connectivity index is 1.94. The van der Waals surface area contributed by atoms with Gasteiger partial charge in [0.05, 0.1) is 0 Å². The van der Waals surface area contributed by atoms with Crippen LogP contribution in [0.2, 0.25) is 0 Å². The maximum atomic E-state index is 11.4. The van der Waals surface area contributed by atoms with Gasteiger partial charge in [-0.15, -0.1) is 0 Å². The van der Waals surface area contributed by atoms with Gasteiger partial charge in [0.15, 0.2) is 0 Å². The summed E-state index contributed by atoms with van der Waals surface area (Å²) in [7, 11) is 0. The Morgan fingerprint density at radius 1 is 0.857 bits per heavy atom. The number of hydrogen-bond acceptors (Lipinski definition) is 1. The van der Waals surface area contributed by atoms with E-state index in [0.717, 1.165) is 24.0 Å². The minimum absolute atomic E-state index is 0.319. The first kappa shape index (κ1) is 14.1. The van der Waals surface area contributed by atoms with E-state index < -0.39 is 5.60 Å². The fourth-order valence-electron chi connectivity index (χ4n) is 3.33. The van der Waals surface area contributed by atoms with E-state index >= 15 is 0 Å². The molecule has 1 aliphatic carbocycles.